The summed E-state index contributed by atoms with van der Waals surface area (Å²) < 4.78 is 0. The molecule has 1 heteroatoms. The molecule has 1 unspecified atom stereocenters. The van der Waals surface area contributed by atoms with Crippen molar-refractivity contribution in [2.24, 2.45) is 0 Å². The second-order valence-electron chi connectivity index (χ2n) is 4.12. The first-order valence-corrected chi connectivity index (χ1v) is 5.88. The van der Waals surface area contributed by atoms with Crippen molar-refractivity contribution in [1.29, 1.82) is 0 Å². The van der Waals surface area contributed by atoms with Gasteiger partial charge in [-0.2, -0.15) is 0 Å². The third-order valence-electron chi connectivity index (χ3n) is 2.92. The molecule has 0 amide bonds. The molecule has 0 aromatic heterocycles. The van der Waals surface area contributed by atoms with Crippen molar-refractivity contribution in [1.82, 2.24) is 0 Å². The van der Waals surface area contributed by atoms with E-state index in [-0.39, 0.29) is 5.38 Å². The predicted molar refractivity (Wildman–Crippen MR) is 70.1 cm³/mol. The highest BCUT2D eigenvalue weighted by Gasteiger charge is 2.10. The molecule has 2 aromatic carbocycles. The van der Waals surface area contributed by atoms with E-state index in [4.69, 9.17) is 11.6 Å². The van der Waals surface area contributed by atoms with Crippen molar-refractivity contribution in [3.05, 3.63) is 70.8 Å². The molecule has 0 N–H and O–H groups in total. The molecule has 2 rings (SSSR count). The van der Waals surface area contributed by atoms with E-state index in [1.807, 2.05) is 18.2 Å². The Balaban J connectivity index is 2.34. The minimum atomic E-state index is -0.0551. The van der Waals surface area contributed by atoms with Gasteiger partial charge in [0.05, 0.1) is 5.38 Å². The fourth-order valence-electron chi connectivity index (χ4n) is 1.74. The quantitative estimate of drug-likeness (QED) is 0.660. The third kappa shape index (κ3) is 2.28. The fraction of sp³-hybridized carbons (Fsp3) is 0.200. The minimum absolute atomic E-state index is 0.0551. The van der Waals surface area contributed by atoms with Crippen LogP contribution < -0.4 is 0 Å². The molecule has 0 spiro atoms. The monoisotopic (exact) mass is 230 g/mol. The lowest BCUT2D eigenvalue weighted by Crippen LogP contribution is -1.94. The first-order chi connectivity index (χ1) is 7.68. The molecule has 0 nitrogen and oxygen atoms in total. The highest BCUT2D eigenvalue weighted by Crippen LogP contribution is 2.29. The summed E-state index contributed by atoms with van der Waals surface area (Å²) in [7, 11) is 0. The first kappa shape index (κ1) is 11.2. The Bertz CT molecular complexity index is 474. The van der Waals surface area contributed by atoms with Crippen molar-refractivity contribution >= 4 is 11.6 Å². The lowest BCUT2D eigenvalue weighted by atomic mass is 10.0. The SMILES string of the molecule is Cc1ccc(C(Cl)c2ccccc2)cc1C. The fourth-order valence-corrected chi connectivity index (χ4v) is 2.02. The van der Waals surface area contributed by atoms with Gasteiger partial charge in [-0.15, -0.1) is 11.6 Å². The number of alkyl halides is 1. The van der Waals surface area contributed by atoms with Crippen LogP contribution in [-0.4, -0.2) is 0 Å². The minimum Gasteiger partial charge on any atom is -0.113 e. The van der Waals surface area contributed by atoms with Gasteiger partial charge >= 0.3 is 0 Å². The molecule has 0 radical (unpaired) electrons. The average Bonchev–Trinajstić information content (AvgIpc) is 2.33. The van der Waals surface area contributed by atoms with Crippen LogP contribution in [0.1, 0.15) is 27.6 Å². The highest BCUT2D eigenvalue weighted by atomic mass is 35.5. The van der Waals surface area contributed by atoms with E-state index in [1.54, 1.807) is 0 Å². The predicted octanol–water partition coefficient (Wildman–Crippen LogP) is 4.63. The van der Waals surface area contributed by atoms with Gasteiger partial charge in [0.1, 0.15) is 0 Å². The molecule has 1 atom stereocenters. The molecule has 0 saturated heterocycles. The normalized spacial score (nSPS) is 12.4. The van der Waals surface area contributed by atoms with E-state index in [2.05, 4.69) is 44.2 Å². The van der Waals surface area contributed by atoms with Crippen LogP contribution in [0.5, 0.6) is 0 Å². The molecule has 16 heavy (non-hydrogen) atoms. The van der Waals surface area contributed by atoms with Crippen LogP contribution in [0.15, 0.2) is 48.5 Å². The van der Waals surface area contributed by atoms with E-state index in [9.17, 15) is 0 Å². The molecule has 0 fully saturated rings. The summed E-state index contributed by atoms with van der Waals surface area (Å²) in [5.41, 5.74) is 4.91. The summed E-state index contributed by atoms with van der Waals surface area (Å²) >= 11 is 6.46. The summed E-state index contributed by atoms with van der Waals surface area (Å²) in [6.45, 7) is 4.23. The van der Waals surface area contributed by atoms with Crippen LogP contribution in [0, 0.1) is 13.8 Å². The van der Waals surface area contributed by atoms with Crippen molar-refractivity contribution < 1.29 is 0 Å². The van der Waals surface area contributed by atoms with Crippen molar-refractivity contribution in [3.8, 4) is 0 Å². The number of aryl methyl sites for hydroxylation is 2. The van der Waals surface area contributed by atoms with Crippen LogP contribution in [-0.2, 0) is 0 Å². The summed E-state index contributed by atoms with van der Waals surface area (Å²) in [6, 6.07) is 16.6. The Morgan fingerprint density at radius 3 is 2.12 bits per heavy atom. The van der Waals surface area contributed by atoms with Gasteiger partial charge in [0.15, 0.2) is 0 Å². The zero-order valence-electron chi connectivity index (χ0n) is 9.57. The molecule has 0 heterocycles. The van der Waals surface area contributed by atoms with E-state index in [1.165, 1.54) is 11.1 Å². The van der Waals surface area contributed by atoms with Gasteiger partial charge in [-0.3, -0.25) is 0 Å². The van der Waals surface area contributed by atoms with Gasteiger partial charge in [-0.1, -0.05) is 48.5 Å². The zero-order chi connectivity index (χ0) is 11.5. The Hall–Kier alpha value is -1.27. The number of halogens is 1. The van der Waals surface area contributed by atoms with Crippen molar-refractivity contribution in [2.45, 2.75) is 19.2 Å². The molecule has 2 aromatic rings. The van der Waals surface area contributed by atoms with Gasteiger partial charge in [-0.25, -0.2) is 0 Å². The van der Waals surface area contributed by atoms with E-state index in [0.29, 0.717) is 0 Å². The third-order valence-corrected chi connectivity index (χ3v) is 3.42. The Kier molecular flexibility index (Phi) is 3.31. The van der Waals surface area contributed by atoms with Gasteiger partial charge in [0, 0.05) is 0 Å². The van der Waals surface area contributed by atoms with Gasteiger partial charge in [-0.05, 0) is 36.1 Å². The zero-order valence-corrected chi connectivity index (χ0v) is 10.3. The van der Waals surface area contributed by atoms with E-state index < -0.39 is 0 Å². The lowest BCUT2D eigenvalue weighted by molar-refractivity contribution is 1.12. The Labute approximate surface area is 102 Å². The standard InChI is InChI=1S/C15H15Cl/c1-11-8-9-14(10-12(11)2)15(16)13-6-4-3-5-7-13/h3-10,15H,1-2H3. The molecule has 0 aliphatic carbocycles. The molecule has 0 aliphatic rings. The van der Waals surface area contributed by atoms with Crippen LogP contribution in [0.3, 0.4) is 0 Å². The number of hydrogen-bond donors (Lipinski definition) is 0. The average molecular weight is 231 g/mol. The topological polar surface area (TPSA) is 0 Å². The maximum atomic E-state index is 6.46. The number of benzene rings is 2. The van der Waals surface area contributed by atoms with Gasteiger partial charge < -0.3 is 0 Å². The Morgan fingerprint density at radius 2 is 1.50 bits per heavy atom. The largest absolute Gasteiger partial charge is 0.113 e. The second kappa shape index (κ2) is 4.71. The molecule has 0 bridgehead atoms. The lowest BCUT2D eigenvalue weighted by Gasteiger charge is -2.12. The van der Waals surface area contributed by atoms with Crippen LogP contribution >= 0.6 is 11.6 Å². The molecule has 0 saturated carbocycles. The maximum absolute atomic E-state index is 6.46. The first-order valence-electron chi connectivity index (χ1n) is 5.44. The summed E-state index contributed by atoms with van der Waals surface area (Å²) in [4.78, 5) is 0. The molecular formula is C15H15Cl. The van der Waals surface area contributed by atoms with Gasteiger partial charge in [0.25, 0.3) is 0 Å². The maximum Gasteiger partial charge on any atom is 0.0835 e. The van der Waals surface area contributed by atoms with Gasteiger partial charge in [0.2, 0.25) is 0 Å². The highest BCUT2D eigenvalue weighted by molar-refractivity contribution is 6.22. The van der Waals surface area contributed by atoms with E-state index >= 15 is 0 Å². The Morgan fingerprint density at radius 1 is 0.812 bits per heavy atom. The summed E-state index contributed by atoms with van der Waals surface area (Å²) in [5.74, 6) is 0. The smallest absolute Gasteiger partial charge is 0.0835 e. The van der Waals surface area contributed by atoms with E-state index in [0.717, 1.165) is 11.1 Å². The second-order valence-corrected chi connectivity index (χ2v) is 4.55. The number of hydrogen-bond acceptors (Lipinski definition) is 0. The van der Waals surface area contributed by atoms with Crippen LogP contribution in [0.4, 0.5) is 0 Å². The summed E-state index contributed by atoms with van der Waals surface area (Å²) in [5, 5.41) is -0.0551. The van der Waals surface area contributed by atoms with Crippen molar-refractivity contribution in [2.75, 3.05) is 0 Å². The van der Waals surface area contributed by atoms with Crippen LogP contribution in [0.2, 0.25) is 0 Å². The molecule has 82 valence electrons. The number of rotatable bonds is 2. The molecular weight excluding hydrogens is 216 g/mol. The van der Waals surface area contributed by atoms with Crippen LogP contribution in [0.25, 0.3) is 0 Å². The summed E-state index contributed by atoms with van der Waals surface area (Å²) in [6.07, 6.45) is 0. The molecule has 0 aliphatic heterocycles. The van der Waals surface area contributed by atoms with Crippen molar-refractivity contribution in [3.63, 3.8) is 0 Å².